The van der Waals surface area contributed by atoms with Crippen molar-refractivity contribution < 1.29 is 9.18 Å². The van der Waals surface area contributed by atoms with Crippen LogP contribution in [0.25, 0.3) is 0 Å². The summed E-state index contributed by atoms with van der Waals surface area (Å²) < 4.78 is 14.8. The van der Waals surface area contributed by atoms with Gasteiger partial charge in [0.2, 0.25) is 0 Å². The number of halogens is 1. The van der Waals surface area contributed by atoms with Crippen molar-refractivity contribution in [3.63, 3.8) is 0 Å². The first kappa shape index (κ1) is 18.4. The highest BCUT2D eigenvalue weighted by Crippen LogP contribution is 2.23. The molecule has 2 aromatic rings. The Hall–Kier alpha value is -1.44. The molecule has 25 heavy (non-hydrogen) atoms. The molecule has 1 aliphatic heterocycles. The Morgan fingerprint density at radius 1 is 1.48 bits per heavy atom. The molecule has 134 valence electrons. The number of likely N-dealkylation sites (N-methyl/N-ethyl adjacent to an activating group) is 1. The molecular formula is C18H22FN3OS2. The van der Waals surface area contributed by atoms with E-state index >= 15 is 0 Å². The monoisotopic (exact) mass is 379 g/mol. The van der Waals surface area contributed by atoms with Gasteiger partial charge < -0.3 is 4.90 Å². The average molecular weight is 380 g/mol. The molecule has 0 unspecified atom stereocenters. The third kappa shape index (κ3) is 4.40. The van der Waals surface area contributed by atoms with Crippen LogP contribution in [0.2, 0.25) is 0 Å². The van der Waals surface area contributed by atoms with E-state index in [1.165, 1.54) is 17.4 Å². The summed E-state index contributed by atoms with van der Waals surface area (Å²) in [6.45, 7) is 2.27. The lowest BCUT2D eigenvalue weighted by Crippen LogP contribution is -2.48. The SMILES string of the molecule is CSc1nc(C(=O)N(C)[C@H]2CCCN(Cc3ccccc3F)C2)cs1. The predicted octanol–water partition coefficient (Wildman–Crippen LogP) is 3.74. The molecule has 1 aromatic carbocycles. The van der Waals surface area contributed by atoms with Gasteiger partial charge >= 0.3 is 0 Å². The quantitative estimate of drug-likeness (QED) is 0.742. The normalized spacial score (nSPS) is 18.3. The molecule has 1 aromatic heterocycles. The van der Waals surface area contributed by atoms with E-state index in [9.17, 15) is 9.18 Å². The van der Waals surface area contributed by atoms with Gasteiger partial charge in [0.05, 0.1) is 0 Å². The zero-order chi connectivity index (χ0) is 17.8. The molecule has 4 nitrogen and oxygen atoms in total. The Labute approximate surface area is 156 Å². The first-order valence-corrected chi connectivity index (χ1v) is 10.4. The maximum atomic E-state index is 13.9. The van der Waals surface area contributed by atoms with Gasteiger partial charge in [-0.25, -0.2) is 9.37 Å². The summed E-state index contributed by atoms with van der Waals surface area (Å²) in [6, 6.07) is 7.03. The fourth-order valence-electron chi connectivity index (χ4n) is 3.15. The topological polar surface area (TPSA) is 36.4 Å². The molecule has 0 bridgehead atoms. The summed E-state index contributed by atoms with van der Waals surface area (Å²) in [7, 11) is 1.84. The number of piperidine rings is 1. The van der Waals surface area contributed by atoms with Gasteiger partial charge in [0.1, 0.15) is 15.9 Å². The maximum Gasteiger partial charge on any atom is 0.273 e. The number of carbonyl (C=O) groups is 1. The van der Waals surface area contributed by atoms with Crippen LogP contribution in [-0.4, -0.2) is 53.1 Å². The molecule has 1 fully saturated rings. The van der Waals surface area contributed by atoms with Crippen LogP contribution >= 0.6 is 23.1 Å². The molecular weight excluding hydrogens is 357 g/mol. The number of rotatable bonds is 5. The molecule has 1 aliphatic rings. The number of amides is 1. The van der Waals surface area contributed by atoms with Crippen LogP contribution in [0.4, 0.5) is 4.39 Å². The summed E-state index contributed by atoms with van der Waals surface area (Å²) in [5.74, 6) is -0.199. The van der Waals surface area contributed by atoms with Gasteiger partial charge in [-0.2, -0.15) is 0 Å². The number of carbonyl (C=O) groups excluding carboxylic acids is 1. The minimum absolute atomic E-state index is 0.0331. The van der Waals surface area contributed by atoms with Gasteiger partial charge in [-0.15, -0.1) is 11.3 Å². The first-order valence-electron chi connectivity index (χ1n) is 8.31. The van der Waals surface area contributed by atoms with Gasteiger partial charge in [-0.1, -0.05) is 30.0 Å². The molecule has 1 atom stereocenters. The van der Waals surface area contributed by atoms with Crippen molar-refractivity contribution in [3.8, 4) is 0 Å². The van der Waals surface area contributed by atoms with Crippen molar-refractivity contribution in [1.82, 2.24) is 14.8 Å². The number of aromatic nitrogens is 1. The zero-order valence-corrected chi connectivity index (χ0v) is 16.1. The molecule has 0 N–H and O–H groups in total. The van der Waals surface area contributed by atoms with Gasteiger partial charge in [0.25, 0.3) is 5.91 Å². The third-order valence-corrected chi connectivity index (χ3v) is 6.44. The van der Waals surface area contributed by atoms with E-state index in [1.807, 2.05) is 30.8 Å². The lowest BCUT2D eigenvalue weighted by Gasteiger charge is -2.37. The summed E-state index contributed by atoms with van der Waals surface area (Å²) in [4.78, 5) is 21.1. The van der Waals surface area contributed by atoms with Crippen molar-refractivity contribution in [2.24, 2.45) is 0 Å². The molecule has 0 aliphatic carbocycles. The van der Waals surface area contributed by atoms with E-state index < -0.39 is 0 Å². The van der Waals surface area contributed by atoms with E-state index in [1.54, 1.807) is 22.7 Å². The summed E-state index contributed by atoms with van der Waals surface area (Å²) in [5.41, 5.74) is 1.23. The Morgan fingerprint density at radius 3 is 3.00 bits per heavy atom. The van der Waals surface area contributed by atoms with Crippen molar-refractivity contribution in [3.05, 3.63) is 46.7 Å². The smallest absolute Gasteiger partial charge is 0.273 e. The van der Waals surface area contributed by atoms with Crippen LogP contribution in [0.3, 0.4) is 0 Å². The van der Waals surface area contributed by atoms with E-state index in [2.05, 4.69) is 9.88 Å². The number of nitrogens with zero attached hydrogens (tertiary/aromatic N) is 3. The molecule has 1 saturated heterocycles. The van der Waals surface area contributed by atoms with Crippen molar-refractivity contribution in [2.45, 2.75) is 29.8 Å². The number of thiazole rings is 1. The highest BCUT2D eigenvalue weighted by atomic mass is 32.2. The van der Waals surface area contributed by atoms with E-state index in [-0.39, 0.29) is 17.8 Å². The molecule has 2 heterocycles. The Balaban J connectivity index is 1.64. The van der Waals surface area contributed by atoms with Crippen molar-refractivity contribution in [1.29, 1.82) is 0 Å². The number of hydrogen-bond donors (Lipinski definition) is 0. The van der Waals surface area contributed by atoms with Crippen molar-refractivity contribution in [2.75, 3.05) is 26.4 Å². The standard InChI is InChI=1S/C18H22FN3OS2/c1-21(17(23)16-12-25-18(20-16)24-2)14-7-5-9-22(11-14)10-13-6-3-4-8-15(13)19/h3-4,6,8,12,14H,5,7,9-11H2,1-2H3/t14-/m0/s1. The van der Waals surface area contributed by atoms with Crippen LogP contribution in [0.15, 0.2) is 34.0 Å². The Kier molecular flexibility index (Phi) is 6.09. The lowest BCUT2D eigenvalue weighted by atomic mass is 10.0. The molecule has 0 radical (unpaired) electrons. The van der Waals surface area contributed by atoms with Crippen LogP contribution in [0, 0.1) is 5.82 Å². The maximum absolute atomic E-state index is 13.9. The lowest BCUT2D eigenvalue weighted by molar-refractivity contribution is 0.0602. The number of hydrogen-bond acceptors (Lipinski definition) is 5. The fourth-order valence-corrected chi connectivity index (χ4v) is 4.39. The number of likely N-dealkylation sites (tertiary alicyclic amines) is 1. The summed E-state index contributed by atoms with van der Waals surface area (Å²) in [5, 5.41) is 1.82. The zero-order valence-electron chi connectivity index (χ0n) is 14.4. The highest BCUT2D eigenvalue weighted by molar-refractivity contribution is 8.00. The molecule has 7 heteroatoms. The van der Waals surface area contributed by atoms with E-state index in [0.717, 1.165) is 30.3 Å². The molecule has 0 spiro atoms. The Bertz CT molecular complexity index is 737. The highest BCUT2D eigenvalue weighted by Gasteiger charge is 2.28. The predicted molar refractivity (Wildman–Crippen MR) is 101 cm³/mol. The second kappa shape index (κ2) is 8.29. The largest absolute Gasteiger partial charge is 0.336 e. The third-order valence-electron chi connectivity index (χ3n) is 4.58. The van der Waals surface area contributed by atoms with Crippen LogP contribution in [0.5, 0.6) is 0 Å². The fraction of sp³-hybridized carbons (Fsp3) is 0.444. The summed E-state index contributed by atoms with van der Waals surface area (Å²) in [6.07, 6.45) is 3.93. The number of thioether (sulfide) groups is 1. The summed E-state index contributed by atoms with van der Waals surface area (Å²) >= 11 is 3.05. The first-order chi connectivity index (χ1) is 12.1. The van der Waals surface area contributed by atoms with Crippen LogP contribution < -0.4 is 0 Å². The van der Waals surface area contributed by atoms with E-state index in [4.69, 9.17) is 0 Å². The minimum Gasteiger partial charge on any atom is -0.336 e. The average Bonchev–Trinajstić information content (AvgIpc) is 3.12. The van der Waals surface area contributed by atoms with Gasteiger partial charge in [-0.3, -0.25) is 9.69 Å². The molecule has 3 rings (SSSR count). The van der Waals surface area contributed by atoms with Gasteiger partial charge in [0.15, 0.2) is 0 Å². The van der Waals surface area contributed by atoms with Crippen LogP contribution in [0.1, 0.15) is 28.9 Å². The molecule has 0 saturated carbocycles. The van der Waals surface area contributed by atoms with E-state index in [0.29, 0.717) is 17.8 Å². The molecule has 1 amide bonds. The minimum atomic E-state index is -0.166. The van der Waals surface area contributed by atoms with Gasteiger partial charge in [0, 0.05) is 37.1 Å². The van der Waals surface area contributed by atoms with Crippen LogP contribution in [-0.2, 0) is 6.54 Å². The second-order valence-corrected chi connectivity index (χ2v) is 8.15. The Morgan fingerprint density at radius 2 is 2.28 bits per heavy atom. The van der Waals surface area contributed by atoms with Gasteiger partial charge in [-0.05, 0) is 31.7 Å². The number of benzene rings is 1. The second-order valence-electron chi connectivity index (χ2n) is 6.24. The van der Waals surface area contributed by atoms with Crippen molar-refractivity contribution >= 4 is 29.0 Å².